The maximum absolute atomic E-state index is 14.4. The molecule has 0 unspecified atom stereocenters. The van der Waals surface area contributed by atoms with Crippen molar-refractivity contribution >= 4 is 21.6 Å². The fraction of sp³-hybridized carbons (Fsp3) is 0.118. The van der Waals surface area contributed by atoms with Crippen LogP contribution in [0.4, 0.5) is 4.39 Å². The van der Waals surface area contributed by atoms with Crippen molar-refractivity contribution in [3.05, 3.63) is 69.9 Å². The van der Waals surface area contributed by atoms with Crippen LogP contribution in [0.2, 0.25) is 5.15 Å². The second-order valence-corrected chi connectivity index (χ2v) is 7.76. The quantitative estimate of drug-likeness (QED) is 0.312. The molecule has 0 spiro atoms. The molecule has 2 aromatic carbocycles. The largest absolute Gasteiger partial charge is 0.489 e. The van der Waals surface area contributed by atoms with E-state index < -0.39 is 20.9 Å². The molecule has 0 saturated carbocycles. The predicted molar refractivity (Wildman–Crippen MR) is 104 cm³/mol. The molecule has 13 heteroatoms. The Morgan fingerprint density at radius 3 is 2.50 bits per heavy atom. The number of rotatable bonds is 8. The van der Waals surface area contributed by atoms with Gasteiger partial charge in [0.2, 0.25) is 10.0 Å². The van der Waals surface area contributed by atoms with Crippen LogP contribution in [0.25, 0.3) is 16.9 Å². The standard InChI is InChI=1S/C17H14ClFN4O6S/c18-17-16(11-1-6-15(14(19)9-11)28-7-8-29-23(24)25)22(10-21-17)12-2-4-13(5-3-12)30(20,26)27/h1-6,9-10H,7-8H2,(H2,20,26,27). The number of halogens is 2. The topological polar surface area (TPSA) is 140 Å². The lowest BCUT2D eigenvalue weighted by atomic mass is 10.1. The van der Waals surface area contributed by atoms with Crippen LogP contribution in [0.15, 0.2) is 53.7 Å². The van der Waals surface area contributed by atoms with Gasteiger partial charge in [0, 0.05) is 11.3 Å². The fourth-order valence-electron chi connectivity index (χ4n) is 2.61. The molecular weight excluding hydrogens is 443 g/mol. The van der Waals surface area contributed by atoms with E-state index in [-0.39, 0.29) is 29.0 Å². The Morgan fingerprint density at radius 2 is 1.90 bits per heavy atom. The Hall–Kier alpha value is -3.22. The first-order valence-corrected chi connectivity index (χ1v) is 10.2. The molecule has 0 fully saturated rings. The van der Waals surface area contributed by atoms with Gasteiger partial charge < -0.3 is 9.57 Å². The summed E-state index contributed by atoms with van der Waals surface area (Å²) in [5.41, 5.74) is 1.26. The molecule has 0 aliphatic carbocycles. The van der Waals surface area contributed by atoms with Crippen molar-refractivity contribution in [1.82, 2.24) is 9.55 Å². The highest BCUT2D eigenvalue weighted by atomic mass is 35.5. The number of aromatic nitrogens is 2. The van der Waals surface area contributed by atoms with E-state index in [2.05, 4.69) is 9.82 Å². The summed E-state index contributed by atoms with van der Waals surface area (Å²) in [5.74, 6) is -0.840. The molecule has 0 saturated heterocycles. The van der Waals surface area contributed by atoms with Gasteiger partial charge in [0.15, 0.2) is 16.7 Å². The molecule has 0 amide bonds. The number of nitrogens with two attached hydrogens (primary N) is 1. The van der Waals surface area contributed by atoms with E-state index in [0.717, 1.165) is 0 Å². The maximum atomic E-state index is 14.4. The van der Waals surface area contributed by atoms with Gasteiger partial charge in [-0.2, -0.15) is 0 Å². The lowest BCUT2D eigenvalue weighted by Crippen LogP contribution is -2.12. The number of hydrogen-bond donors (Lipinski definition) is 1. The third-order valence-corrected chi connectivity index (χ3v) is 5.12. The Balaban J connectivity index is 1.87. The summed E-state index contributed by atoms with van der Waals surface area (Å²) in [5, 5.41) is 14.3. The molecule has 0 aliphatic heterocycles. The Kier molecular flexibility index (Phi) is 6.20. The van der Waals surface area contributed by atoms with Crippen LogP contribution in [0.1, 0.15) is 0 Å². The summed E-state index contributed by atoms with van der Waals surface area (Å²) in [7, 11) is -3.84. The highest BCUT2D eigenvalue weighted by Gasteiger charge is 2.16. The van der Waals surface area contributed by atoms with Gasteiger partial charge in [0.25, 0.3) is 5.09 Å². The molecule has 1 heterocycles. The number of nitrogens with zero attached hydrogens (tertiary/aromatic N) is 3. The smallest absolute Gasteiger partial charge is 0.294 e. The third-order valence-electron chi connectivity index (χ3n) is 3.91. The first-order valence-electron chi connectivity index (χ1n) is 8.23. The second-order valence-electron chi connectivity index (χ2n) is 5.84. The van der Waals surface area contributed by atoms with Crippen molar-refractivity contribution in [2.24, 2.45) is 5.14 Å². The predicted octanol–water partition coefficient (Wildman–Crippen LogP) is 2.57. The lowest BCUT2D eigenvalue weighted by molar-refractivity contribution is -0.757. The number of benzene rings is 2. The molecule has 30 heavy (non-hydrogen) atoms. The van der Waals surface area contributed by atoms with Crippen LogP contribution in [0, 0.1) is 15.9 Å². The van der Waals surface area contributed by atoms with E-state index in [1.54, 1.807) is 4.57 Å². The highest BCUT2D eigenvalue weighted by molar-refractivity contribution is 7.89. The molecule has 3 aromatic rings. The van der Waals surface area contributed by atoms with Crippen molar-refractivity contribution in [2.45, 2.75) is 4.90 Å². The second kappa shape index (κ2) is 8.65. The number of ether oxygens (including phenoxy) is 1. The molecule has 3 rings (SSSR count). The average molecular weight is 457 g/mol. The first kappa shape index (κ1) is 21.5. The van der Waals surface area contributed by atoms with E-state index in [1.165, 1.54) is 48.8 Å². The molecule has 158 valence electrons. The van der Waals surface area contributed by atoms with E-state index >= 15 is 0 Å². The van der Waals surface area contributed by atoms with Crippen LogP contribution in [-0.4, -0.2) is 36.3 Å². The van der Waals surface area contributed by atoms with Crippen LogP contribution in [-0.2, 0) is 14.9 Å². The average Bonchev–Trinajstić information content (AvgIpc) is 3.07. The van der Waals surface area contributed by atoms with Crippen LogP contribution >= 0.6 is 11.6 Å². The molecule has 1 aromatic heterocycles. The van der Waals surface area contributed by atoms with Gasteiger partial charge in [0.1, 0.15) is 19.5 Å². The first-order chi connectivity index (χ1) is 14.2. The molecule has 0 atom stereocenters. The van der Waals surface area contributed by atoms with E-state index in [4.69, 9.17) is 21.5 Å². The third kappa shape index (κ3) is 4.84. The normalized spacial score (nSPS) is 11.3. The molecule has 2 N–H and O–H groups in total. The summed E-state index contributed by atoms with van der Waals surface area (Å²) < 4.78 is 43.9. The van der Waals surface area contributed by atoms with Gasteiger partial charge in [0.05, 0.1) is 10.6 Å². The van der Waals surface area contributed by atoms with Crippen LogP contribution in [0.3, 0.4) is 0 Å². The van der Waals surface area contributed by atoms with E-state index in [1.807, 2.05) is 0 Å². The fourth-order valence-corrected chi connectivity index (χ4v) is 3.36. The summed E-state index contributed by atoms with van der Waals surface area (Å²) in [6, 6.07) is 9.70. The molecule has 0 bridgehead atoms. The molecular formula is C17H14ClFN4O6S. The number of hydrogen-bond acceptors (Lipinski definition) is 7. The zero-order valence-electron chi connectivity index (χ0n) is 15.1. The monoisotopic (exact) mass is 456 g/mol. The zero-order valence-corrected chi connectivity index (χ0v) is 16.6. The Labute approximate surface area is 174 Å². The number of imidazole rings is 1. The van der Waals surface area contributed by atoms with E-state index in [9.17, 15) is 22.9 Å². The Morgan fingerprint density at radius 1 is 1.20 bits per heavy atom. The van der Waals surface area contributed by atoms with Crippen molar-refractivity contribution < 1.29 is 27.5 Å². The van der Waals surface area contributed by atoms with Crippen LogP contribution < -0.4 is 9.88 Å². The molecule has 0 radical (unpaired) electrons. The summed E-state index contributed by atoms with van der Waals surface area (Å²) in [6.45, 7) is -0.562. The van der Waals surface area contributed by atoms with Gasteiger partial charge in [-0.3, -0.25) is 4.57 Å². The van der Waals surface area contributed by atoms with Gasteiger partial charge in [-0.25, -0.2) is 22.9 Å². The van der Waals surface area contributed by atoms with Gasteiger partial charge >= 0.3 is 0 Å². The van der Waals surface area contributed by atoms with Crippen molar-refractivity contribution in [3.8, 4) is 22.7 Å². The highest BCUT2D eigenvalue weighted by Crippen LogP contribution is 2.32. The summed E-state index contributed by atoms with van der Waals surface area (Å²) in [6.07, 6.45) is 1.40. The van der Waals surface area contributed by atoms with Crippen molar-refractivity contribution in [1.29, 1.82) is 0 Å². The van der Waals surface area contributed by atoms with Crippen molar-refractivity contribution in [2.75, 3.05) is 13.2 Å². The maximum Gasteiger partial charge on any atom is 0.294 e. The minimum Gasteiger partial charge on any atom is -0.489 e. The summed E-state index contributed by atoms with van der Waals surface area (Å²) >= 11 is 6.18. The van der Waals surface area contributed by atoms with E-state index in [0.29, 0.717) is 16.9 Å². The van der Waals surface area contributed by atoms with Gasteiger partial charge in [-0.1, -0.05) is 11.6 Å². The molecule has 0 aliphatic rings. The van der Waals surface area contributed by atoms with Crippen molar-refractivity contribution in [3.63, 3.8) is 0 Å². The molecule has 10 nitrogen and oxygen atoms in total. The number of primary sulfonamides is 1. The van der Waals surface area contributed by atoms with Gasteiger partial charge in [-0.15, -0.1) is 10.1 Å². The van der Waals surface area contributed by atoms with Crippen LogP contribution in [0.5, 0.6) is 5.75 Å². The SMILES string of the molecule is NS(=O)(=O)c1ccc(-n2cnc(Cl)c2-c2ccc(OCCO[N+](=O)[O-])c(F)c2)cc1. The minimum atomic E-state index is -3.84. The van der Waals surface area contributed by atoms with Gasteiger partial charge in [-0.05, 0) is 42.5 Å². The lowest BCUT2D eigenvalue weighted by Gasteiger charge is -2.11. The zero-order chi connectivity index (χ0) is 21.9. The Bertz CT molecular complexity index is 1180. The number of sulfonamides is 1. The minimum absolute atomic E-state index is 0.0624. The summed E-state index contributed by atoms with van der Waals surface area (Å²) in [4.78, 5) is 18.2.